The summed E-state index contributed by atoms with van der Waals surface area (Å²) in [4.78, 5) is 15.5. The summed E-state index contributed by atoms with van der Waals surface area (Å²) in [6, 6.07) is 16.1. The van der Waals surface area contributed by atoms with Crippen molar-refractivity contribution in [3.63, 3.8) is 0 Å². The van der Waals surface area contributed by atoms with E-state index in [0.29, 0.717) is 36.8 Å². The first kappa shape index (κ1) is 27.7. The van der Waals surface area contributed by atoms with Gasteiger partial charge in [0.15, 0.2) is 11.5 Å². The number of methoxy groups -OCH3 is 2. The van der Waals surface area contributed by atoms with Crippen LogP contribution in [-0.4, -0.2) is 57.4 Å². The summed E-state index contributed by atoms with van der Waals surface area (Å²) in [6.07, 6.45) is 2.50. The average molecular weight is 541 g/mol. The largest absolute Gasteiger partial charge is 0.493 e. The van der Waals surface area contributed by atoms with Crippen molar-refractivity contribution in [2.75, 3.05) is 33.9 Å². The monoisotopic (exact) mass is 540 g/mol. The topological polar surface area (TPSA) is 89.3 Å². The third-order valence-corrected chi connectivity index (χ3v) is 8.57. The molecule has 3 aromatic rings. The van der Waals surface area contributed by atoms with Crippen LogP contribution in [0.4, 0.5) is 0 Å². The zero-order valence-corrected chi connectivity index (χ0v) is 23.3. The van der Waals surface area contributed by atoms with E-state index in [4.69, 9.17) is 13.9 Å². The smallest absolute Gasteiger partial charge is 0.243 e. The Kier molecular flexibility index (Phi) is 8.79. The van der Waals surface area contributed by atoms with E-state index in [1.54, 1.807) is 43.4 Å². The van der Waals surface area contributed by atoms with Gasteiger partial charge in [-0.05, 0) is 81.0 Å². The van der Waals surface area contributed by atoms with Crippen molar-refractivity contribution in [3.05, 3.63) is 77.2 Å². The second-order valence-corrected chi connectivity index (χ2v) is 11.8. The van der Waals surface area contributed by atoms with Crippen LogP contribution in [0.3, 0.4) is 0 Å². The van der Waals surface area contributed by atoms with Gasteiger partial charge < -0.3 is 18.8 Å². The average Bonchev–Trinajstić information content (AvgIpc) is 3.64. The normalized spacial score (nSPS) is 13.5. The van der Waals surface area contributed by atoms with E-state index >= 15 is 0 Å². The van der Waals surface area contributed by atoms with Crippen molar-refractivity contribution in [2.24, 2.45) is 5.92 Å². The van der Waals surface area contributed by atoms with E-state index in [2.05, 4.69) is 0 Å². The van der Waals surface area contributed by atoms with E-state index < -0.39 is 10.0 Å². The van der Waals surface area contributed by atoms with Gasteiger partial charge in [-0.2, -0.15) is 4.31 Å². The molecule has 1 amide bonds. The van der Waals surface area contributed by atoms with E-state index in [9.17, 15) is 13.2 Å². The highest BCUT2D eigenvalue weighted by Gasteiger charge is 2.34. The Morgan fingerprint density at radius 2 is 1.68 bits per heavy atom. The SMILES string of the molecule is COc1ccc(CCN(Cc2ccc(C)o2)C(=O)CN(CC2CC2)S(=O)(=O)c2ccc(C)cc2)cc1OC. The fourth-order valence-electron chi connectivity index (χ4n) is 4.30. The van der Waals surface area contributed by atoms with Crippen LogP contribution in [0.25, 0.3) is 0 Å². The van der Waals surface area contributed by atoms with Crippen molar-refractivity contribution in [1.82, 2.24) is 9.21 Å². The van der Waals surface area contributed by atoms with Crippen LogP contribution in [0.1, 0.15) is 35.5 Å². The summed E-state index contributed by atoms with van der Waals surface area (Å²) >= 11 is 0. The first-order chi connectivity index (χ1) is 18.2. The fraction of sp³-hybridized carbons (Fsp3) is 0.414. The molecule has 204 valence electrons. The number of nitrogens with zero attached hydrogens (tertiary/aromatic N) is 2. The molecule has 1 heterocycles. The highest BCUT2D eigenvalue weighted by atomic mass is 32.2. The number of rotatable bonds is 13. The van der Waals surface area contributed by atoms with Crippen LogP contribution >= 0.6 is 0 Å². The molecule has 0 unspecified atom stereocenters. The van der Waals surface area contributed by atoms with Gasteiger partial charge in [0.1, 0.15) is 11.5 Å². The van der Waals surface area contributed by atoms with Crippen LogP contribution < -0.4 is 9.47 Å². The van der Waals surface area contributed by atoms with Crippen LogP contribution in [0.15, 0.2) is 63.9 Å². The molecule has 0 N–H and O–H groups in total. The molecule has 8 nitrogen and oxygen atoms in total. The summed E-state index contributed by atoms with van der Waals surface area (Å²) in [6.45, 7) is 4.51. The molecule has 2 aromatic carbocycles. The zero-order valence-electron chi connectivity index (χ0n) is 22.5. The van der Waals surface area contributed by atoms with Crippen LogP contribution in [0.5, 0.6) is 11.5 Å². The number of carbonyl (C=O) groups excluding carboxylic acids is 1. The lowest BCUT2D eigenvalue weighted by Gasteiger charge is -2.27. The number of benzene rings is 2. The van der Waals surface area contributed by atoms with Crippen LogP contribution in [0.2, 0.25) is 0 Å². The second-order valence-electron chi connectivity index (χ2n) is 9.82. The molecule has 1 aliphatic carbocycles. The number of amides is 1. The lowest BCUT2D eigenvalue weighted by atomic mass is 10.1. The number of carbonyl (C=O) groups is 1. The minimum atomic E-state index is -3.82. The van der Waals surface area contributed by atoms with Gasteiger partial charge >= 0.3 is 0 Å². The lowest BCUT2D eigenvalue weighted by Crippen LogP contribution is -2.44. The maximum Gasteiger partial charge on any atom is 0.243 e. The number of ether oxygens (including phenoxy) is 2. The van der Waals surface area contributed by atoms with E-state index in [1.807, 2.05) is 44.2 Å². The Morgan fingerprint density at radius 1 is 0.974 bits per heavy atom. The van der Waals surface area contributed by atoms with E-state index in [0.717, 1.165) is 29.7 Å². The molecule has 38 heavy (non-hydrogen) atoms. The number of furan rings is 1. The van der Waals surface area contributed by atoms with Crippen molar-refractivity contribution < 1.29 is 27.1 Å². The Bertz CT molecular complexity index is 1350. The van der Waals surface area contributed by atoms with E-state index in [-0.39, 0.29) is 29.8 Å². The molecule has 0 spiro atoms. The van der Waals surface area contributed by atoms with E-state index in [1.165, 1.54) is 4.31 Å². The van der Waals surface area contributed by atoms with Gasteiger partial charge in [0.2, 0.25) is 15.9 Å². The predicted octanol–water partition coefficient (Wildman–Crippen LogP) is 4.59. The maximum absolute atomic E-state index is 13.7. The summed E-state index contributed by atoms with van der Waals surface area (Å²) in [5.74, 6) is 2.67. The second kappa shape index (κ2) is 12.0. The molecular formula is C29H36N2O6S. The predicted molar refractivity (Wildman–Crippen MR) is 145 cm³/mol. The summed E-state index contributed by atoms with van der Waals surface area (Å²) in [5, 5.41) is 0. The Morgan fingerprint density at radius 3 is 2.29 bits per heavy atom. The first-order valence-electron chi connectivity index (χ1n) is 12.8. The van der Waals surface area contributed by atoms with Crippen molar-refractivity contribution in [2.45, 2.75) is 44.6 Å². The molecule has 1 aliphatic rings. The minimum Gasteiger partial charge on any atom is -0.493 e. The van der Waals surface area contributed by atoms with Gasteiger partial charge in [0.05, 0.1) is 32.2 Å². The summed E-state index contributed by atoms with van der Waals surface area (Å²) in [7, 11) is -0.654. The lowest BCUT2D eigenvalue weighted by molar-refractivity contribution is -0.132. The highest BCUT2D eigenvalue weighted by molar-refractivity contribution is 7.89. The molecule has 0 atom stereocenters. The zero-order chi connectivity index (χ0) is 27.3. The molecule has 0 radical (unpaired) electrons. The molecule has 1 saturated carbocycles. The first-order valence-corrected chi connectivity index (χ1v) is 14.2. The molecule has 1 fully saturated rings. The van der Waals surface area contributed by atoms with Gasteiger partial charge in [-0.3, -0.25) is 4.79 Å². The van der Waals surface area contributed by atoms with Gasteiger partial charge in [-0.15, -0.1) is 0 Å². The summed E-state index contributed by atoms with van der Waals surface area (Å²) in [5.41, 5.74) is 1.95. The van der Waals surface area contributed by atoms with Gasteiger partial charge in [0.25, 0.3) is 0 Å². The number of aryl methyl sites for hydroxylation is 2. The molecule has 1 aromatic heterocycles. The molecule has 4 rings (SSSR count). The maximum atomic E-state index is 13.7. The van der Waals surface area contributed by atoms with Crippen LogP contribution in [0, 0.1) is 19.8 Å². The molecule has 0 saturated heterocycles. The third kappa shape index (κ3) is 6.96. The Hall–Kier alpha value is -3.30. The third-order valence-electron chi connectivity index (χ3n) is 6.74. The molecule has 0 bridgehead atoms. The summed E-state index contributed by atoms with van der Waals surface area (Å²) < 4.78 is 44.9. The molecular weight excluding hydrogens is 504 g/mol. The van der Waals surface area contributed by atoms with Gasteiger partial charge in [-0.25, -0.2) is 8.42 Å². The quantitative estimate of drug-likeness (QED) is 0.315. The standard InChI is InChI=1S/C29H36N2O6S/c1-21-5-12-26(13-6-21)38(33,34)31(18-24-8-9-24)20-29(32)30(19-25-11-7-22(2)37-25)16-15-23-10-14-27(35-3)28(17-23)36-4/h5-7,10-14,17,24H,8-9,15-16,18-20H2,1-4H3. The Labute approximate surface area is 225 Å². The Balaban J connectivity index is 1.55. The number of sulfonamides is 1. The number of hydrogen-bond donors (Lipinski definition) is 0. The molecule has 0 aliphatic heterocycles. The fourth-order valence-corrected chi connectivity index (χ4v) is 5.76. The molecule has 9 heteroatoms. The van der Waals surface area contributed by atoms with Gasteiger partial charge in [0, 0.05) is 13.1 Å². The van der Waals surface area contributed by atoms with Crippen molar-refractivity contribution in [3.8, 4) is 11.5 Å². The van der Waals surface area contributed by atoms with Crippen molar-refractivity contribution >= 4 is 15.9 Å². The van der Waals surface area contributed by atoms with Gasteiger partial charge in [-0.1, -0.05) is 23.8 Å². The van der Waals surface area contributed by atoms with Crippen molar-refractivity contribution in [1.29, 1.82) is 0 Å². The number of hydrogen-bond acceptors (Lipinski definition) is 6. The minimum absolute atomic E-state index is 0.204. The van der Waals surface area contributed by atoms with Crippen LogP contribution in [-0.2, 0) is 27.8 Å². The highest BCUT2D eigenvalue weighted by Crippen LogP contribution is 2.32.